The van der Waals surface area contributed by atoms with Gasteiger partial charge in [0.05, 0.1) is 19.3 Å². The molecule has 0 aromatic carbocycles. The lowest BCUT2D eigenvalue weighted by atomic mass is 10.1. The third-order valence-corrected chi connectivity index (χ3v) is 4.29. The summed E-state index contributed by atoms with van der Waals surface area (Å²) in [5, 5.41) is 4.91. The van der Waals surface area contributed by atoms with E-state index in [4.69, 9.17) is 10.5 Å². The minimum Gasteiger partial charge on any atom is -0.378 e. The molecule has 5 nitrogen and oxygen atoms in total. The number of rotatable bonds is 5. The van der Waals surface area contributed by atoms with Crippen molar-refractivity contribution < 1.29 is 9.53 Å². The summed E-state index contributed by atoms with van der Waals surface area (Å²) in [5.74, 6) is 0.0252. The molecular formula is C13H21N3O2S. The summed E-state index contributed by atoms with van der Waals surface area (Å²) >= 11 is 1.68. The molecule has 2 unspecified atom stereocenters. The first-order chi connectivity index (χ1) is 9.27. The van der Waals surface area contributed by atoms with Crippen molar-refractivity contribution in [3.63, 3.8) is 0 Å². The highest BCUT2D eigenvalue weighted by molar-refractivity contribution is 7.10. The van der Waals surface area contributed by atoms with Crippen LogP contribution >= 0.6 is 11.3 Å². The smallest absolute Gasteiger partial charge is 0.239 e. The number of hydrogen-bond acceptors (Lipinski definition) is 5. The number of thiophene rings is 1. The van der Waals surface area contributed by atoms with Crippen molar-refractivity contribution in [3.05, 3.63) is 22.4 Å². The maximum absolute atomic E-state index is 12.1. The van der Waals surface area contributed by atoms with Gasteiger partial charge in [0.15, 0.2) is 0 Å². The number of nitrogens with one attached hydrogen (secondary N) is 1. The van der Waals surface area contributed by atoms with Gasteiger partial charge in [0.25, 0.3) is 0 Å². The largest absolute Gasteiger partial charge is 0.378 e. The Morgan fingerprint density at radius 1 is 1.74 bits per heavy atom. The van der Waals surface area contributed by atoms with Gasteiger partial charge in [0.1, 0.15) is 6.04 Å². The fourth-order valence-corrected chi connectivity index (χ4v) is 3.26. The van der Waals surface area contributed by atoms with Gasteiger partial charge in [-0.15, -0.1) is 11.3 Å². The van der Waals surface area contributed by atoms with Crippen LogP contribution < -0.4 is 11.1 Å². The Labute approximate surface area is 117 Å². The first-order valence-electron chi connectivity index (χ1n) is 6.62. The minimum absolute atomic E-state index is 0.0252. The molecule has 1 saturated heterocycles. The van der Waals surface area contributed by atoms with Crippen LogP contribution in [-0.2, 0) is 9.53 Å². The summed E-state index contributed by atoms with van der Waals surface area (Å²) in [6.07, 6.45) is 0. The number of likely N-dealkylation sites (N-methyl/N-ethyl adjacent to an activating group) is 1. The molecular weight excluding hydrogens is 262 g/mol. The zero-order chi connectivity index (χ0) is 13.7. The van der Waals surface area contributed by atoms with Gasteiger partial charge < -0.3 is 15.8 Å². The van der Waals surface area contributed by atoms with Gasteiger partial charge in [-0.3, -0.25) is 9.69 Å². The van der Waals surface area contributed by atoms with Gasteiger partial charge in [-0.1, -0.05) is 6.07 Å². The molecule has 6 heteroatoms. The number of nitrogens with zero attached hydrogens (tertiary/aromatic N) is 1. The standard InChI is InChI=1S/C13H21N3O2S/c1-2-15-13(17)11-9-18-6-5-16(11)10(8-14)12-4-3-7-19-12/h3-4,7,10-11H,2,5-6,8-9,14H2,1H3,(H,15,17). The molecule has 2 heterocycles. The van der Waals surface area contributed by atoms with Crippen LogP contribution in [0.5, 0.6) is 0 Å². The lowest BCUT2D eigenvalue weighted by Gasteiger charge is -2.39. The van der Waals surface area contributed by atoms with Crippen LogP contribution in [0.2, 0.25) is 0 Å². The van der Waals surface area contributed by atoms with Crippen LogP contribution in [0, 0.1) is 0 Å². The van der Waals surface area contributed by atoms with Crippen molar-refractivity contribution >= 4 is 17.2 Å². The van der Waals surface area contributed by atoms with Gasteiger partial charge in [-0.05, 0) is 18.4 Å². The predicted octanol–water partition coefficient (Wildman–Crippen LogP) is 0.585. The number of carbonyl (C=O) groups excluding carboxylic acids is 1. The van der Waals surface area contributed by atoms with E-state index in [1.54, 1.807) is 11.3 Å². The third-order valence-electron chi connectivity index (χ3n) is 3.32. The van der Waals surface area contributed by atoms with Crippen molar-refractivity contribution in [2.75, 3.05) is 32.8 Å². The van der Waals surface area contributed by atoms with Crippen LogP contribution in [-0.4, -0.2) is 49.7 Å². The van der Waals surface area contributed by atoms with E-state index in [1.807, 2.05) is 18.4 Å². The van der Waals surface area contributed by atoms with Crippen LogP contribution in [0.4, 0.5) is 0 Å². The summed E-state index contributed by atoms with van der Waals surface area (Å²) in [5.41, 5.74) is 5.92. The van der Waals surface area contributed by atoms with Gasteiger partial charge in [-0.25, -0.2) is 0 Å². The molecule has 2 rings (SSSR count). The van der Waals surface area contributed by atoms with Crippen molar-refractivity contribution in [3.8, 4) is 0 Å². The molecule has 106 valence electrons. The molecule has 0 bridgehead atoms. The maximum Gasteiger partial charge on any atom is 0.239 e. The number of morpholine rings is 1. The third kappa shape index (κ3) is 3.33. The number of nitrogens with two attached hydrogens (primary N) is 1. The number of ether oxygens (including phenoxy) is 1. The zero-order valence-electron chi connectivity index (χ0n) is 11.2. The normalized spacial score (nSPS) is 22.1. The van der Waals surface area contributed by atoms with E-state index in [9.17, 15) is 4.79 Å². The molecule has 0 aliphatic carbocycles. The molecule has 19 heavy (non-hydrogen) atoms. The zero-order valence-corrected chi connectivity index (χ0v) is 12.0. The molecule has 3 N–H and O–H groups in total. The van der Waals surface area contributed by atoms with Crippen molar-refractivity contribution in [2.24, 2.45) is 5.73 Å². The highest BCUT2D eigenvalue weighted by Gasteiger charge is 2.34. The van der Waals surface area contributed by atoms with E-state index in [0.717, 1.165) is 6.54 Å². The number of amides is 1. The van der Waals surface area contributed by atoms with Crippen LogP contribution in [0.1, 0.15) is 17.8 Å². The van der Waals surface area contributed by atoms with E-state index in [2.05, 4.69) is 16.3 Å². The van der Waals surface area contributed by atoms with E-state index in [1.165, 1.54) is 4.88 Å². The summed E-state index contributed by atoms with van der Waals surface area (Å²) in [6.45, 7) is 4.89. The topological polar surface area (TPSA) is 67.6 Å². The second-order valence-electron chi connectivity index (χ2n) is 4.49. The molecule has 1 aromatic heterocycles. The quantitative estimate of drug-likeness (QED) is 0.830. The summed E-state index contributed by atoms with van der Waals surface area (Å²) in [4.78, 5) is 15.5. The highest BCUT2D eigenvalue weighted by atomic mass is 32.1. The lowest BCUT2D eigenvalue weighted by molar-refractivity contribution is -0.134. The van der Waals surface area contributed by atoms with E-state index in [0.29, 0.717) is 26.3 Å². The maximum atomic E-state index is 12.1. The first-order valence-corrected chi connectivity index (χ1v) is 7.50. The Morgan fingerprint density at radius 2 is 2.58 bits per heavy atom. The average molecular weight is 283 g/mol. The Morgan fingerprint density at radius 3 is 3.21 bits per heavy atom. The van der Waals surface area contributed by atoms with Crippen molar-refractivity contribution in [2.45, 2.75) is 19.0 Å². The van der Waals surface area contributed by atoms with Crippen molar-refractivity contribution in [1.82, 2.24) is 10.2 Å². The van der Waals surface area contributed by atoms with Crippen LogP contribution in [0.15, 0.2) is 17.5 Å². The second-order valence-corrected chi connectivity index (χ2v) is 5.47. The second kappa shape index (κ2) is 7.00. The minimum atomic E-state index is -0.246. The Kier molecular flexibility index (Phi) is 5.33. The Balaban J connectivity index is 2.15. The fraction of sp³-hybridized carbons (Fsp3) is 0.615. The van der Waals surface area contributed by atoms with E-state index in [-0.39, 0.29) is 18.0 Å². The Bertz CT molecular complexity index is 397. The monoisotopic (exact) mass is 283 g/mol. The van der Waals surface area contributed by atoms with Gasteiger partial charge in [0.2, 0.25) is 5.91 Å². The number of hydrogen-bond donors (Lipinski definition) is 2. The molecule has 1 aromatic rings. The predicted molar refractivity (Wildman–Crippen MR) is 76.1 cm³/mol. The molecule has 1 aliphatic rings. The molecule has 0 spiro atoms. The van der Waals surface area contributed by atoms with Crippen LogP contribution in [0.3, 0.4) is 0 Å². The molecule has 0 radical (unpaired) electrons. The van der Waals surface area contributed by atoms with E-state index < -0.39 is 0 Å². The van der Waals surface area contributed by atoms with E-state index >= 15 is 0 Å². The summed E-state index contributed by atoms with van der Waals surface area (Å²) < 4.78 is 5.45. The van der Waals surface area contributed by atoms with Gasteiger partial charge >= 0.3 is 0 Å². The molecule has 2 atom stereocenters. The average Bonchev–Trinajstić information content (AvgIpc) is 2.94. The molecule has 1 amide bonds. The fourth-order valence-electron chi connectivity index (χ4n) is 2.40. The Hall–Kier alpha value is -0.950. The highest BCUT2D eigenvalue weighted by Crippen LogP contribution is 2.27. The summed E-state index contributed by atoms with van der Waals surface area (Å²) in [6, 6.07) is 3.94. The number of carbonyl (C=O) groups is 1. The SMILES string of the molecule is CCNC(=O)C1COCCN1C(CN)c1cccs1. The molecule has 1 fully saturated rings. The lowest BCUT2D eigenvalue weighted by Crippen LogP contribution is -2.55. The summed E-state index contributed by atoms with van der Waals surface area (Å²) in [7, 11) is 0. The first kappa shape index (κ1) is 14.5. The molecule has 1 aliphatic heterocycles. The van der Waals surface area contributed by atoms with Crippen molar-refractivity contribution in [1.29, 1.82) is 0 Å². The van der Waals surface area contributed by atoms with Gasteiger partial charge in [0, 0.05) is 24.5 Å². The van der Waals surface area contributed by atoms with Gasteiger partial charge in [-0.2, -0.15) is 0 Å². The van der Waals surface area contributed by atoms with Crippen LogP contribution in [0.25, 0.3) is 0 Å². The molecule has 0 saturated carbocycles.